The third-order valence-electron chi connectivity index (χ3n) is 5.55. The van der Waals surface area contributed by atoms with Crippen molar-refractivity contribution in [3.05, 3.63) is 0 Å². The van der Waals surface area contributed by atoms with Crippen molar-refractivity contribution in [3.63, 3.8) is 0 Å². The van der Waals surface area contributed by atoms with Gasteiger partial charge in [-0.25, -0.2) is 0 Å². The van der Waals surface area contributed by atoms with Crippen molar-refractivity contribution in [2.24, 2.45) is 23.5 Å². The van der Waals surface area contributed by atoms with Gasteiger partial charge in [-0.15, -0.1) is 0 Å². The van der Waals surface area contributed by atoms with Gasteiger partial charge >= 0.3 is 0 Å². The first-order valence-electron chi connectivity index (χ1n) is 8.71. The Bertz CT molecular complexity index is 297. The first kappa shape index (κ1) is 15.8. The quantitative estimate of drug-likeness (QED) is 0.812. The Morgan fingerprint density at radius 1 is 1.05 bits per heavy atom. The molecular weight excluding hydrogens is 248 g/mol. The third kappa shape index (κ3) is 4.76. The highest BCUT2D eigenvalue weighted by Crippen LogP contribution is 2.30. The summed E-state index contributed by atoms with van der Waals surface area (Å²) in [5.41, 5.74) is 6.12. The number of hydrogen-bond acceptors (Lipinski definition) is 2. The highest BCUT2D eigenvalue weighted by molar-refractivity contribution is 5.76. The summed E-state index contributed by atoms with van der Waals surface area (Å²) in [7, 11) is 0. The van der Waals surface area contributed by atoms with E-state index in [0.717, 1.165) is 25.3 Å². The zero-order chi connectivity index (χ0) is 14.4. The van der Waals surface area contributed by atoms with Crippen LogP contribution >= 0.6 is 0 Å². The van der Waals surface area contributed by atoms with Crippen LogP contribution in [0.1, 0.15) is 71.1 Å². The Hall–Kier alpha value is -0.570. The van der Waals surface area contributed by atoms with Crippen LogP contribution in [-0.2, 0) is 4.79 Å². The number of amides is 1. The van der Waals surface area contributed by atoms with E-state index in [2.05, 4.69) is 12.2 Å². The number of hydrogen-bond donors (Lipinski definition) is 2. The maximum atomic E-state index is 12.1. The first-order valence-corrected chi connectivity index (χ1v) is 8.71. The summed E-state index contributed by atoms with van der Waals surface area (Å²) in [5.74, 6) is 2.29. The smallest absolute Gasteiger partial charge is 0.220 e. The van der Waals surface area contributed by atoms with Gasteiger partial charge in [-0.05, 0) is 43.4 Å². The van der Waals surface area contributed by atoms with E-state index in [0.29, 0.717) is 18.3 Å². The summed E-state index contributed by atoms with van der Waals surface area (Å²) in [4.78, 5) is 12.1. The third-order valence-corrected chi connectivity index (χ3v) is 5.55. The van der Waals surface area contributed by atoms with Crippen molar-refractivity contribution in [3.8, 4) is 0 Å². The van der Waals surface area contributed by atoms with Gasteiger partial charge in [0.2, 0.25) is 5.91 Å². The molecule has 2 aliphatic carbocycles. The molecule has 0 aromatic heterocycles. The van der Waals surface area contributed by atoms with Crippen LogP contribution < -0.4 is 11.1 Å². The molecule has 3 heteroatoms. The molecule has 1 amide bonds. The number of carbonyl (C=O) groups is 1. The molecule has 2 atom stereocenters. The summed E-state index contributed by atoms with van der Waals surface area (Å²) >= 11 is 0. The highest BCUT2D eigenvalue weighted by Gasteiger charge is 2.25. The van der Waals surface area contributed by atoms with Crippen LogP contribution in [0, 0.1) is 17.8 Å². The molecule has 0 bridgehead atoms. The number of rotatable bonds is 5. The Labute approximate surface area is 124 Å². The minimum atomic E-state index is 0.227. The van der Waals surface area contributed by atoms with Gasteiger partial charge in [0.15, 0.2) is 0 Å². The fraction of sp³-hybridized carbons (Fsp3) is 0.941. The van der Waals surface area contributed by atoms with Crippen molar-refractivity contribution in [1.29, 1.82) is 0 Å². The molecule has 0 radical (unpaired) electrons. The van der Waals surface area contributed by atoms with E-state index in [9.17, 15) is 4.79 Å². The summed E-state index contributed by atoms with van der Waals surface area (Å²) in [6.45, 7) is 3.18. The molecule has 0 spiro atoms. The van der Waals surface area contributed by atoms with E-state index in [1.807, 2.05) is 0 Å². The van der Waals surface area contributed by atoms with Crippen LogP contribution in [0.2, 0.25) is 0 Å². The zero-order valence-electron chi connectivity index (χ0n) is 13.1. The van der Waals surface area contributed by atoms with Crippen molar-refractivity contribution in [2.75, 3.05) is 6.54 Å². The van der Waals surface area contributed by atoms with Gasteiger partial charge in [0, 0.05) is 19.0 Å². The number of carbonyl (C=O) groups excluding carboxylic acids is 1. The van der Waals surface area contributed by atoms with Gasteiger partial charge in [-0.3, -0.25) is 4.79 Å². The molecule has 3 N–H and O–H groups in total. The maximum Gasteiger partial charge on any atom is 0.220 e. The van der Waals surface area contributed by atoms with E-state index < -0.39 is 0 Å². The molecule has 2 saturated carbocycles. The summed E-state index contributed by atoms with van der Waals surface area (Å²) in [6, 6.07) is 0.245. The monoisotopic (exact) mass is 280 g/mol. The van der Waals surface area contributed by atoms with Gasteiger partial charge in [0.25, 0.3) is 0 Å². The zero-order valence-corrected chi connectivity index (χ0v) is 13.1. The average Bonchev–Trinajstić information content (AvgIpc) is 2.48. The molecule has 3 nitrogen and oxygen atoms in total. The van der Waals surface area contributed by atoms with Crippen LogP contribution in [0.25, 0.3) is 0 Å². The van der Waals surface area contributed by atoms with E-state index in [1.165, 1.54) is 44.9 Å². The Balaban J connectivity index is 1.62. The van der Waals surface area contributed by atoms with E-state index in [1.54, 1.807) is 0 Å². The molecule has 2 fully saturated rings. The van der Waals surface area contributed by atoms with E-state index in [4.69, 9.17) is 5.73 Å². The minimum absolute atomic E-state index is 0.227. The minimum Gasteiger partial charge on any atom is -0.356 e. The van der Waals surface area contributed by atoms with Crippen molar-refractivity contribution in [2.45, 2.75) is 77.2 Å². The Kier molecular flexibility index (Phi) is 6.34. The van der Waals surface area contributed by atoms with Crippen LogP contribution in [0.15, 0.2) is 0 Å². The Morgan fingerprint density at radius 2 is 1.70 bits per heavy atom. The summed E-state index contributed by atoms with van der Waals surface area (Å²) in [5, 5.41) is 3.16. The lowest BCUT2D eigenvalue weighted by Gasteiger charge is -2.29. The second-order valence-electron chi connectivity index (χ2n) is 7.01. The second kappa shape index (κ2) is 8.02. The molecule has 2 aliphatic rings. The fourth-order valence-corrected chi connectivity index (χ4v) is 3.90. The molecule has 0 aliphatic heterocycles. The molecule has 2 unspecified atom stereocenters. The van der Waals surface area contributed by atoms with Crippen molar-refractivity contribution in [1.82, 2.24) is 5.32 Å². The van der Waals surface area contributed by atoms with Crippen LogP contribution in [0.5, 0.6) is 0 Å². The second-order valence-corrected chi connectivity index (χ2v) is 7.01. The highest BCUT2D eigenvalue weighted by atomic mass is 16.1. The molecule has 0 aromatic rings. The lowest BCUT2D eigenvalue weighted by molar-refractivity contribution is -0.122. The van der Waals surface area contributed by atoms with Gasteiger partial charge < -0.3 is 11.1 Å². The van der Waals surface area contributed by atoms with Crippen molar-refractivity contribution >= 4 is 5.91 Å². The topological polar surface area (TPSA) is 55.1 Å². The van der Waals surface area contributed by atoms with Crippen LogP contribution in [0.3, 0.4) is 0 Å². The van der Waals surface area contributed by atoms with E-state index in [-0.39, 0.29) is 11.9 Å². The summed E-state index contributed by atoms with van der Waals surface area (Å²) in [6.07, 6.45) is 12.0. The van der Waals surface area contributed by atoms with E-state index >= 15 is 0 Å². The molecule has 20 heavy (non-hydrogen) atoms. The SMILES string of the molecule is CCC1CCC(CNC(=O)CC2CCCCC2N)CC1. The van der Waals surface area contributed by atoms with Gasteiger partial charge in [0.05, 0.1) is 0 Å². The molecular formula is C17H32N2O. The van der Waals surface area contributed by atoms with Crippen LogP contribution in [0.4, 0.5) is 0 Å². The molecule has 0 heterocycles. The lowest BCUT2D eigenvalue weighted by Crippen LogP contribution is -2.38. The maximum absolute atomic E-state index is 12.1. The largest absolute Gasteiger partial charge is 0.356 e. The average molecular weight is 280 g/mol. The van der Waals surface area contributed by atoms with Crippen molar-refractivity contribution < 1.29 is 4.79 Å². The number of nitrogens with two attached hydrogens (primary N) is 1. The van der Waals surface area contributed by atoms with Crippen LogP contribution in [-0.4, -0.2) is 18.5 Å². The molecule has 0 aromatic carbocycles. The first-order chi connectivity index (χ1) is 9.69. The molecule has 116 valence electrons. The number of nitrogens with one attached hydrogen (secondary N) is 1. The van der Waals surface area contributed by atoms with Gasteiger partial charge in [-0.1, -0.05) is 39.0 Å². The lowest BCUT2D eigenvalue weighted by atomic mass is 9.80. The molecule has 2 rings (SSSR count). The predicted octanol–water partition coefficient (Wildman–Crippen LogP) is 3.23. The normalized spacial score (nSPS) is 34.7. The van der Waals surface area contributed by atoms with Gasteiger partial charge in [-0.2, -0.15) is 0 Å². The standard InChI is InChI=1S/C17H32N2O/c1-2-13-7-9-14(10-8-13)12-19-17(20)11-15-5-3-4-6-16(15)18/h13-16H,2-12,18H2,1H3,(H,19,20). The summed E-state index contributed by atoms with van der Waals surface area (Å²) < 4.78 is 0. The Morgan fingerprint density at radius 3 is 2.35 bits per heavy atom. The van der Waals surface area contributed by atoms with Gasteiger partial charge in [0.1, 0.15) is 0 Å². The fourth-order valence-electron chi connectivity index (χ4n) is 3.90. The predicted molar refractivity (Wildman–Crippen MR) is 83.3 cm³/mol. The molecule has 0 saturated heterocycles.